The number of benzene rings is 2. The van der Waals surface area contributed by atoms with Crippen molar-refractivity contribution in [2.75, 3.05) is 6.61 Å². The molecule has 4 rings (SSSR count). The van der Waals surface area contributed by atoms with Gasteiger partial charge in [0, 0.05) is 6.54 Å². The third kappa shape index (κ3) is 4.84. The quantitative estimate of drug-likeness (QED) is 0.659. The number of ether oxygens (including phenoxy) is 1. The van der Waals surface area contributed by atoms with E-state index in [1.54, 1.807) is 19.1 Å². The average Bonchev–Trinajstić information content (AvgIpc) is 3.53. The highest BCUT2D eigenvalue weighted by molar-refractivity contribution is 6.62. The summed E-state index contributed by atoms with van der Waals surface area (Å²) in [7, 11) is -0.574. The van der Waals surface area contributed by atoms with Crippen LogP contribution in [-0.4, -0.2) is 30.8 Å². The van der Waals surface area contributed by atoms with Crippen molar-refractivity contribution >= 4 is 18.5 Å². The number of rotatable bonds is 7. The number of halogens is 1. The van der Waals surface area contributed by atoms with Crippen molar-refractivity contribution in [1.29, 1.82) is 0 Å². The Labute approximate surface area is 189 Å². The van der Waals surface area contributed by atoms with E-state index < -0.39 is 18.3 Å². The molecule has 2 aromatic carbocycles. The molecule has 1 amide bonds. The number of aryl methyl sites for hydroxylation is 1. The van der Waals surface area contributed by atoms with Crippen LogP contribution in [0.15, 0.2) is 36.4 Å². The standard InChI is InChI=1S/C25H31BFNO4/c1-16-6-7-18(12-21(16)27)14-28-23(29)20-13-19(10-11-22(20)30-15-17-8-9-17)26-31-24(2,3)25(4,5)32-26/h6-7,10-13,17H,8-9,14-15H2,1-5H3,(H,28,29). The Balaban J connectivity index is 1.55. The molecule has 2 aliphatic rings. The van der Waals surface area contributed by atoms with Gasteiger partial charge in [0.05, 0.1) is 23.4 Å². The van der Waals surface area contributed by atoms with Crippen LogP contribution in [0.1, 0.15) is 62.0 Å². The molecule has 0 spiro atoms. The van der Waals surface area contributed by atoms with Crippen LogP contribution in [-0.2, 0) is 15.9 Å². The summed E-state index contributed by atoms with van der Waals surface area (Å²) < 4.78 is 32.1. The first kappa shape index (κ1) is 22.8. The van der Waals surface area contributed by atoms with E-state index in [0.29, 0.717) is 35.0 Å². The molecule has 0 aromatic heterocycles. The number of nitrogens with one attached hydrogen (secondary N) is 1. The smallest absolute Gasteiger partial charge is 0.492 e. The summed E-state index contributed by atoms with van der Waals surface area (Å²) in [6.07, 6.45) is 2.32. The molecule has 1 heterocycles. The third-order valence-electron chi connectivity index (χ3n) is 6.63. The first-order valence-electron chi connectivity index (χ1n) is 11.2. The Morgan fingerprint density at radius 1 is 1.12 bits per heavy atom. The van der Waals surface area contributed by atoms with Gasteiger partial charge in [0.2, 0.25) is 0 Å². The monoisotopic (exact) mass is 439 g/mol. The molecule has 0 radical (unpaired) electrons. The topological polar surface area (TPSA) is 56.8 Å². The Hall–Kier alpha value is -2.38. The summed E-state index contributed by atoms with van der Waals surface area (Å²) in [5, 5.41) is 2.89. The van der Waals surface area contributed by atoms with Gasteiger partial charge in [-0.25, -0.2) is 4.39 Å². The molecule has 170 valence electrons. The maximum absolute atomic E-state index is 13.9. The minimum absolute atomic E-state index is 0.221. The first-order valence-corrected chi connectivity index (χ1v) is 11.2. The zero-order chi connectivity index (χ0) is 23.1. The summed E-state index contributed by atoms with van der Waals surface area (Å²) in [4.78, 5) is 13.1. The normalized spacial score (nSPS) is 19.1. The van der Waals surface area contributed by atoms with E-state index in [4.69, 9.17) is 14.0 Å². The van der Waals surface area contributed by atoms with E-state index in [0.717, 1.165) is 18.3 Å². The molecule has 0 atom stereocenters. The molecule has 2 fully saturated rings. The van der Waals surface area contributed by atoms with Crippen LogP contribution in [0.3, 0.4) is 0 Å². The van der Waals surface area contributed by atoms with Gasteiger partial charge in [-0.3, -0.25) is 4.79 Å². The fourth-order valence-corrected chi connectivity index (χ4v) is 3.49. The largest absolute Gasteiger partial charge is 0.494 e. The van der Waals surface area contributed by atoms with E-state index in [1.165, 1.54) is 6.07 Å². The second kappa shape index (κ2) is 8.52. The van der Waals surface area contributed by atoms with Crippen molar-refractivity contribution in [3.05, 3.63) is 58.9 Å². The third-order valence-corrected chi connectivity index (χ3v) is 6.63. The number of amides is 1. The molecule has 1 saturated carbocycles. The number of hydrogen-bond donors (Lipinski definition) is 1. The fourth-order valence-electron chi connectivity index (χ4n) is 3.49. The van der Waals surface area contributed by atoms with Gasteiger partial charge in [-0.1, -0.05) is 18.2 Å². The highest BCUT2D eigenvalue weighted by Crippen LogP contribution is 2.37. The van der Waals surface area contributed by atoms with Crippen LogP contribution < -0.4 is 15.5 Å². The van der Waals surface area contributed by atoms with E-state index in [1.807, 2.05) is 45.9 Å². The van der Waals surface area contributed by atoms with Gasteiger partial charge >= 0.3 is 7.12 Å². The summed E-state index contributed by atoms with van der Waals surface area (Å²) in [6, 6.07) is 10.4. The molecule has 2 aromatic rings. The summed E-state index contributed by atoms with van der Waals surface area (Å²) in [6.45, 7) is 10.5. The molecule has 1 saturated heterocycles. The highest BCUT2D eigenvalue weighted by atomic mass is 19.1. The maximum atomic E-state index is 13.9. The Bertz CT molecular complexity index is 1000. The lowest BCUT2D eigenvalue weighted by Gasteiger charge is -2.32. The molecule has 0 bridgehead atoms. The lowest BCUT2D eigenvalue weighted by Crippen LogP contribution is -2.41. The molecule has 0 unspecified atom stereocenters. The molecule has 7 heteroatoms. The highest BCUT2D eigenvalue weighted by Gasteiger charge is 2.51. The van der Waals surface area contributed by atoms with Gasteiger partial charge in [0.1, 0.15) is 11.6 Å². The summed E-state index contributed by atoms with van der Waals surface area (Å²) >= 11 is 0. The van der Waals surface area contributed by atoms with E-state index >= 15 is 0 Å². The maximum Gasteiger partial charge on any atom is 0.494 e. The van der Waals surface area contributed by atoms with Crippen molar-refractivity contribution in [3.8, 4) is 5.75 Å². The van der Waals surface area contributed by atoms with Gasteiger partial charge in [-0.2, -0.15) is 0 Å². The fraction of sp³-hybridized carbons (Fsp3) is 0.480. The molecular weight excluding hydrogens is 408 g/mol. The van der Waals surface area contributed by atoms with Crippen LogP contribution in [0.5, 0.6) is 5.75 Å². The lowest BCUT2D eigenvalue weighted by atomic mass is 9.78. The van der Waals surface area contributed by atoms with Crippen molar-refractivity contribution in [1.82, 2.24) is 5.32 Å². The second-order valence-corrected chi connectivity index (χ2v) is 9.86. The minimum atomic E-state index is -0.574. The van der Waals surface area contributed by atoms with Crippen molar-refractivity contribution < 1.29 is 23.2 Å². The SMILES string of the molecule is Cc1ccc(CNC(=O)c2cc(B3OC(C)(C)C(C)(C)O3)ccc2OCC2CC2)cc1F. The van der Waals surface area contributed by atoms with Gasteiger partial charge in [0.25, 0.3) is 5.91 Å². The molecule has 1 aliphatic heterocycles. The Morgan fingerprint density at radius 2 is 1.81 bits per heavy atom. The molecular formula is C25H31BFNO4. The summed E-state index contributed by atoms with van der Waals surface area (Å²) in [5.41, 5.74) is 1.50. The van der Waals surface area contributed by atoms with Crippen LogP contribution in [0.25, 0.3) is 0 Å². The van der Waals surface area contributed by atoms with Gasteiger partial charge < -0.3 is 19.4 Å². The van der Waals surface area contributed by atoms with Crippen LogP contribution in [0.4, 0.5) is 4.39 Å². The predicted molar refractivity (Wildman–Crippen MR) is 123 cm³/mol. The van der Waals surface area contributed by atoms with Crippen LogP contribution in [0.2, 0.25) is 0 Å². The van der Waals surface area contributed by atoms with Gasteiger partial charge in [-0.05, 0) is 88.2 Å². The first-order chi connectivity index (χ1) is 15.1. The number of carbonyl (C=O) groups excluding carboxylic acids is 1. The average molecular weight is 439 g/mol. The zero-order valence-corrected chi connectivity index (χ0v) is 19.5. The van der Waals surface area contributed by atoms with Crippen molar-refractivity contribution in [3.63, 3.8) is 0 Å². The lowest BCUT2D eigenvalue weighted by molar-refractivity contribution is 0.00578. The van der Waals surface area contributed by atoms with Crippen molar-refractivity contribution in [2.24, 2.45) is 5.92 Å². The van der Waals surface area contributed by atoms with Crippen LogP contribution in [0, 0.1) is 18.7 Å². The molecule has 5 nitrogen and oxygen atoms in total. The number of hydrogen-bond acceptors (Lipinski definition) is 4. The molecule has 1 aliphatic carbocycles. The van der Waals surface area contributed by atoms with Crippen LogP contribution >= 0.6 is 0 Å². The van der Waals surface area contributed by atoms with E-state index in [-0.39, 0.29) is 18.3 Å². The van der Waals surface area contributed by atoms with Gasteiger partial charge in [-0.15, -0.1) is 0 Å². The second-order valence-electron chi connectivity index (χ2n) is 9.86. The predicted octanol–water partition coefficient (Wildman–Crippen LogP) is 4.15. The number of carbonyl (C=O) groups is 1. The zero-order valence-electron chi connectivity index (χ0n) is 19.5. The summed E-state index contributed by atoms with van der Waals surface area (Å²) in [5.74, 6) is 0.525. The van der Waals surface area contributed by atoms with Gasteiger partial charge in [0.15, 0.2) is 0 Å². The van der Waals surface area contributed by atoms with E-state index in [2.05, 4.69) is 5.32 Å². The van der Waals surface area contributed by atoms with E-state index in [9.17, 15) is 9.18 Å². The Kier molecular flexibility index (Phi) is 6.07. The minimum Gasteiger partial charge on any atom is -0.492 e. The molecule has 1 N–H and O–H groups in total. The van der Waals surface area contributed by atoms with Crippen molar-refractivity contribution in [2.45, 2.75) is 65.2 Å². The molecule has 32 heavy (non-hydrogen) atoms. The Morgan fingerprint density at radius 3 is 2.44 bits per heavy atom.